The lowest BCUT2D eigenvalue weighted by Gasteiger charge is -2.11. The second-order valence-electron chi connectivity index (χ2n) is 5.46. The summed E-state index contributed by atoms with van der Waals surface area (Å²) >= 11 is 5.05. The smallest absolute Gasteiger partial charge is 0.264 e. The Morgan fingerprint density at radius 1 is 1.29 bits per heavy atom. The summed E-state index contributed by atoms with van der Waals surface area (Å²) in [5.41, 5.74) is 1.39. The van der Waals surface area contributed by atoms with Crippen LogP contribution in [0.5, 0.6) is 0 Å². The number of hydrogen-bond acceptors (Lipinski definition) is 3. The Morgan fingerprint density at radius 2 is 1.96 bits per heavy atom. The molecule has 0 radical (unpaired) electrons. The number of H-pyrrole nitrogens is 1. The first-order valence-corrected chi connectivity index (χ1v) is 7.84. The van der Waals surface area contributed by atoms with Gasteiger partial charge in [0.1, 0.15) is 5.65 Å². The Balaban J connectivity index is 2.36. The third kappa shape index (κ3) is 2.75. The van der Waals surface area contributed by atoms with Crippen molar-refractivity contribution in [3.8, 4) is 11.3 Å². The molecule has 3 rings (SSSR count). The third-order valence-electron chi connectivity index (χ3n) is 3.99. The van der Waals surface area contributed by atoms with E-state index in [1.54, 1.807) is 7.05 Å². The summed E-state index contributed by atoms with van der Waals surface area (Å²) in [4.78, 5) is 18.9. The lowest BCUT2D eigenvalue weighted by atomic mass is 10.0. The molecule has 1 N–H and O–H groups in total. The second kappa shape index (κ2) is 6.24. The van der Waals surface area contributed by atoms with Crippen LogP contribution >= 0.6 is 12.2 Å². The minimum atomic E-state index is -2.79. The van der Waals surface area contributed by atoms with E-state index in [4.69, 9.17) is 12.2 Å². The first-order chi connectivity index (χ1) is 11.4. The highest BCUT2D eigenvalue weighted by molar-refractivity contribution is 7.71. The number of hydrogen-bond donors (Lipinski definition) is 1. The van der Waals surface area contributed by atoms with Crippen molar-refractivity contribution in [1.29, 1.82) is 0 Å². The molecule has 0 atom stereocenters. The van der Waals surface area contributed by atoms with E-state index in [0.717, 1.165) is 12.0 Å². The Labute approximate surface area is 141 Å². The van der Waals surface area contributed by atoms with Crippen LogP contribution < -0.4 is 5.56 Å². The number of nitrogens with one attached hydrogen (secondary N) is 1. The predicted molar refractivity (Wildman–Crippen MR) is 91.9 cm³/mol. The fraction of sp³-hybridized carbons (Fsp3) is 0.235. The molecule has 7 heteroatoms. The highest BCUT2D eigenvalue weighted by Crippen LogP contribution is 2.29. The van der Waals surface area contributed by atoms with Gasteiger partial charge in [-0.15, -0.1) is 0 Å². The molecule has 3 aromatic rings. The van der Waals surface area contributed by atoms with Gasteiger partial charge in [0.25, 0.3) is 12.0 Å². The van der Waals surface area contributed by atoms with Crippen molar-refractivity contribution in [1.82, 2.24) is 14.5 Å². The molecular formula is C17H15F2N3OS. The number of aryl methyl sites for hydroxylation is 2. The largest absolute Gasteiger partial charge is 0.306 e. The Kier molecular flexibility index (Phi) is 4.28. The fourth-order valence-corrected chi connectivity index (χ4v) is 2.78. The number of aromatic nitrogens is 3. The molecule has 0 saturated carbocycles. The Hall–Kier alpha value is -2.41. The molecular weight excluding hydrogens is 332 g/mol. The molecule has 0 fully saturated rings. The van der Waals surface area contributed by atoms with Crippen molar-refractivity contribution in [2.45, 2.75) is 19.8 Å². The Morgan fingerprint density at radius 3 is 2.54 bits per heavy atom. The molecule has 2 heterocycles. The number of pyridine rings is 1. The summed E-state index contributed by atoms with van der Waals surface area (Å²) in [6, 6.07) is 8.80. The quantitative estimate of drug-likeness (QED) is 0.724. The van der Waals surface area contributed by atoms with Gasteiger partial charge in [-0.1, -0.05) is 31.2 Å². The van der Waals surface area contributed by atoms with Crippen molar-refractivity contribution in [2.75, 3.05) is 0 Å². The Bertz CT molecular complexity index is 1020. The predicted octanol–water partition coefficient (Wildman–Crippen LogP) is 4.16. The molecule has 4 nitrogen and oxygen atoms in total. The molecule has 1 aromatic carbocycles. The van der Waals surface area contributed by atoms with Crippen LogP contribution in [-0.4, -0.2) is 14.5 Å². The lowest BCUT2D eigenvalue weighted by Crippen LogP contribution is -2.16. The summed E-state index contributed by atoms with van der Waals surface area (Å²) in [6.07, 6.45) is -1.90. The summed E-state index contributed by atoms with van der Waals surface area (Å²) in [6.45, 7) is 2.04. The number of benzene rings is 1. The van der Waals surface area contributed by atoms with Gasteiger partial charge in [-0.2, -0.15) is 0 Å². The van der Waals surface area contributed by atoms with Crippen LogP contribution in [0.15, 0.2) is 35.1 Å². The molecule has 0 spiro atoms. The van der Waals surface area contributed by atoms with E-state index in [1.165, 1.54) is 10.6 Å². The lowest BCUT2D eigenvalue weighted by molar-refractivity contribution is 0.153. The number of rotatable bonds is 3. The molecule has 0 aliphatic rings. The summed E-state index contributed by atoms with van der Waals surface area (Å²) in [7, 11) is 1.59. The van der Waals surface area contributed by atoms with Gasteiger partial charge >= 0.3 is 0 Å². The van der Waals surface area contributed by atoms with E-state index in [9.17, 15) is 13.6 Å². The average Bonchev–Trinajstić information content (AvgIpc) is 2.58. The minimum Gasteiger partial charge on any atom is -0.306 e. The van der Waals surface area contributed by atoms with E-state index in [0.29, 0.717) is 11.3 Å². The summed E-state index contributed by atoms with van der Waals surface area (Å²) in [5, 5.41) is -0.130. The third-order valence-corrected chi connectivity index (χ3v) is 4.37. The first kappa shape index (κ1) is 16.4. The molecule has 0 unspecified atom stereocenters. The topological polar surface area (TPSA) is 50.7 Å². The van der Waals surface area contributed by atoms with Crippen LogP contribution in [0.2, 0.25) is 0 Å². The van der Waals surface area contributed by atoms with Crippen LogP contribution in [0, 0.1) is 4.77 Å². The molecule has 0 aliphatic heterocycles. The van der Waals surface area contributed by atoms with E-state index in [2.05, 4.69) is 9.97 Å². The molecule has 124 valence electrons. The van der Waals surface area contributed by atoms with Gasteiger partial charge in [0.05, 0.1) is 11.1 Å². The van der Waals surface area contributed by atoms with Crippen molar-refractivity contribution < 1.29 is 8.78 Å². The van der Waals surface area contributed by atoms with E-state index < -0.39 is 12.0 Å². The molecule has 2 aromatic heterocycles. The molecule has 24 heavy (non-hydrogen) atoms. The van der Waals surface area contributed by atoms with Gasteiger partial charge in [-0.05, 0) is 30.3 Å². The monoisotopic (exact) mass is 347 g/mol. The zero-order valence-corrected chi connectivity index (χ0v) is 14.0. The second-order valence-corrected chi connectivity index (χ2v) is 5.85. The maximum Gasteiger partial charge on any atom is 0.264 e. The molecule has 0 bridgehead atoms. The molecule has 0 saturated heterocycles. The van der Waals surface area contributed by atoms with Gasteiger partial charge in [-0.25, -0.2) is 13.8 Å². The van der Waals surface area contributed by atoms with Crippen molar-refractivity contribution in [3.63, 3.8) is 0 Å². The zero-order chi connectivity index (χ0) is 17.4. The van der Waals surface area contributed by atoms with E-state index in [1.807, 2.05) is 31.2 Å². The van der Waals surface area contributed by atoms with Gasteiger partial charge < -0.3 is 4.57 Å². The van der Waals surface area contributed by atoms with Gasteiger partial charge in [0, 0.05) is 18.2 Å². The molecule has 0 aliphatic carbocycles. The fourth-order valence-electron chi connectivity index (χ4n) is 2.60. The van der Waals surface area contributed by atoms with Crippen molar-refractivity contribution in [2.24, 2.45) is 7.05 Å². The standard InChI is InChI=1S/C17H15F2N3OS/c1-3-9-4-6-10(7-5-9)12-8-11(14(18)19)13-15(20-12)22(2)17(24)21-16(13)23/h4-8,14H,3H2,1-2H3,(H,21,23,24). The van der Waals surface area contributed by atoms with Crippen LogP contribution in [-0.2, 0) is 13.5 Å². The van der Waals surface area contributed by atoms with Crippen molar-refractivity contribution >= 4 is 23.3 Å². The number of nitrogens with zero attached hydrogens (tertiary/aromatic N) is 2. The maximum absolute atomic E-state index is 13.5. The SMILES string of the molecule is CCc1ccc(-c2cc(C(F)F)c3c(=O)[nH]c(=S)n(C)c3n2)cc1. The number of alkyl halides is 2. The van der Waals surface area contributed by atoms with Crippen LogP contribution in [0.25, 0.3) is 22.3 Å². The first-order valence-electron chi connectivity index (χ1n) is 7.43. The highest BCUT2D eigenvalue weighted by atomic mass is 32.1. The van der Waals surface area contributed by atoms with Crippen LogP contribution in [0.1, 0.15) is 24.5 Å². The minimum absolute atomic E-state index is 0.130. The van der Waals surface area contributed by atoms with E-state index >= 15 is 0 Å². The number of halogens is 2. The number of fused-ring (bicyclic) bond motifs is 1. The van der Waals surface area contributed by atoms with Crippen LogP contribution in [0.3, 0.4) is 0 Å². The van der Waals surface area contributed by atoms with Gasteiger partial charge in [0.15, 0.2) is 4.77 Å². The maximum atomic E-state index is 13.5. The van der Waals surface area contributed by atoms with E-state index in [-0.39, 0.29) is 21.4 Å². The summed E-state index contributed by atoms with van der Waals surface area (Å²) in [5.74, 6) is 0. The van der Waals surface area contributed by atoms with Gasteiger partial charge in [0.2, 0.25) is 0 Å². The average molecular weight is 347 g/mol. The van der Waals surface area contributed by atoms with Crippen LogP contribution in [0.4, 0.5) is 8.78 Å². The highest BCUT2D eigenvalue weighted by Gasteiger charge is 2.19. The number of aromatic amines is 1. The van der Waals surface area contributed by atoms with Crippen molar-refractivity contribution in [3.05, 3.63) is 56.6 Å². The zero-order valence-electron chi connectivity index (χ0n) is 13.1. The molecule has 0 amide bonds. The summed E-state index contributed by atoms with van der Waals surface area (Å²) < 4.78 is 28.6. The van der Waals surface area contributed by atoms with Gasteiger partial charge in [-0.3, -0.25) is 9.78 Å². The normalized spacial score (nSPS) is 11.4.